The summed E-state index contributed by atoms with van der Waals surface area (Å²) in [6.07, 6.45) is 4.72. The molecule has 6 heteroatoms. The quantitative estimate of drug-likeness (QED) is 0.103. The van der Waals surface area contributed by atoms with Crippen LogP contribution in [0.3, 0.4) is 0 Å². The van der Waals surface area contributed by atoms with Gasteiger partial charge in [0.05, 0.1) is 0 Å². The molecule has 6 aromatic carbocycles. The molecule has 0 radical (unpaired) electrons. The van der Waals surface area contributed by atoms with Gasteiger partial charge in [-0.15, -0.1) is 0 Å². The van der Waals surface area contributed by atoms with Crippen LogP contribution in [0.15, 0.2) is 225 Å². The SMILES string of the molecule is CCc1c[n+](C)c(-c2ccccc2C)cc1C.[2H]C([2H])(C)c1c[n+](C)c(-c2ccccc2C)cc1C.[2H]C([2H])(C)c1c[n+](C)c(-c2ccccc2C)cc1C.[2H]C([2H])([2H])c1c[n+](C)c(-c2ccccc2C)cc1C([2H])([2H])C.[2H]C([2H])([2H])c1c[n+](C)c(-c2ccccc2C)cc1C([2H])([2H])C.[2H]C([2H])(c1cc[n+](C)c(-c2ccccc2C)c1)C(C)C. The number of hydrogen-bond donors (Lipinski definition) is 0. The molecule has 0 amide bonds. The number of nitrogens with zero attached hydrogens (tertiary/aromatic N) is 6. The molecule has 0 saturated heterocycles. The van der Waals surface area contributed by atoms with E-state index in [-0.39, 0.29) is 28.2 Å². The second kappa shape index (κ2) is 38.5. The van der Waals surface area contributed by atoms with Crippen LogP contribution in [0.2, 0.25) is 0 Å². The Bertz CT molecular complexity index is 5310. The molecule has 0 bridgehead atoms. The maximum atomic E-state index is 8.26. The first-order chi connectivity index (χ1) is 55.1. The fourth-order valence-corrected chi connectivity index (χ4v) is 12.7. The summed E-state index contributed by atoms with van der Waals surface area (Å²) in [5, 5.41) is 0. The molecule has 6 nitrogen and oxygen atoms in total. The lowest BCUT2D eigenvalue weighted by Crippen LogP contribution is -2.32. The second-order valence-electron chi connectivity index (χ2n) is 26.9. The Morgan fingerprint density at radius 1 is 0.282 bits per heavy atom. The molecule has 12 rings (SSSR count). The standard InChI is InChI=1S/C17H22N.5C16H20N/c1-13(2)11-15-9-10-18(4)17(12-15)16-8-6-5-7-14(16)3;2*1-5-14-10-16(17(4)11-13(14)3)15-9-7-6-8-12(15)2;3*1-5-14-11-17(4)16(10-13(14)3)15-9-7-6-8-12(15)2/h5-10,12-13H,11H2,1-4H3;5*6-11H,5H2,1-4H3/q6*+1/i11D2;2*3D3,5D2;2*5D2;. The van der Waals surface area contributed by atoms with Crippen LogP contribution in [0.25, 0.3) is 67.5 Å². The third kappa shape index (κ3) is 21.4. The molecule has 0 spiro atoms. The molecule has 0 aliphatic heterocycles. The topological polar surface area (TPSA) is 23.3 Å². The van der Waals surface area contributed by atoms with Gasteiger partial charge in [0.1, 0.15) is 42.3 Å². The monoisotopic (exact) mass is 1390 g/mol. The number of benzene rings is 6. The minimum absolute atomic E-state index is 0.0554. The van der Waals surface area contributed by atoms with E-state index in [4.69, 9.17) is 21.9 Å². The molecule has 0 aliphatic carbocycles. The van der Waals surface area contributed by atoms with E-state index in [1.165, 1.54) is 82.0 Å². The number of aromatic nitrogens is 6. The van der Waals surface area contributed by atoms with Crippen LogP contribution in [0, 0.1) is 81.9 Å². The Morgan fingerprint density at radius 3 is 0.796 bits per heavy atom. The highest BCUT2D eigenvalue weighted by Crippen LogP contribution is 2.28. The highest BCUT2D eigenvalue weighted by atomic mass is 14.9. The summed E-state index contributed by atoms with van der Waals surface area (Å²) in [5.41, 5.74) is 27.6. The number of pyridine rings is 6. The molecule has 12 aromatic rings. The van der Waals surface area contributed by atoms with Crippen LogP contribution < -0.4 is 27.4 Å². The molecular weight excluding hydrogens is 1250 g/mol. The van der Waals surface area contributed by atoms with E-state index in [0.29, 0.717) is 0 Å². The van der Waals surface area contributed by atoms with Gasteiger partial charge in [-0.25, -0.2) is 27.4 Å². The Morgan fingerprint density at radius 2 is 0.534 bits per heavy atom. The molecule has 6 heterocycles. The first-order valence-corrected chi connectivity index (χ1v) is 35.6. The highest BCUT2D eigenvalue weighted by molar-refractivity contribution is 5.66. The van der Waals surface area contributed by atoms with Crippen molar-refractivity contribution in [2.75, 3.05) is 0 Å². The van der Waals surface area contributed by atoms with Gasteiger partial charge in [0, 0.05) is 126 Å². The van der Waals surface area contributed by atoms with Gasteiger partial charge in [-0.2, -0.15) is 0 Å². The van der Waals surface area contributed by atoms with Crippen molar-refractivity contribution in [3.8, 4) is 67.5 Å². The maximum Gasteiger partial charge on any atom is 0.212 e. The lowest BCUT2D eigenvalue weighted by molar-refractivity contribution is -0.661. The lowest BCUT2D eigenvalue weighted by atomic mass is 9.99. The van der Waals surface area contributed by atoms with Crippen LogP contribution in [-0.4, -0.2) is 0 Å². The van der Waals surface area contributed by atoms with Crippen molar-refractivity contribution in [1.29, 1.82) is 0 Å². The molecule has 0 aliphatic rings. The van der Waals surface area contributed by atoms with E-state index >= 15 is 0 Å². The van der Waals surface area contributed by atoms with Crippen LogP contribution in [0.1, 0.15) is 165 Å². The van der Waals surface area contributed by atoms with Gasteiger partial charge in [-0.05, 0) is 223 Å². The second-order valence-corrected chi connectivity index (χ2v) is 26.9. The largest absolute Gasteiger partial charge is 0.212 e. The van der Waals surface area contributed by atoms with Gasteiger partial charge in [0.15, 0.2) is 37.2 Å². The zero-order valence-electron chi connectivity index (χ0n) is 81.3. The van der Waals surface area contributed by atoms with Gasteiger partial charge < -0.3 is 0 Å². The van der Waals surface area contributed by atoms with Gasteiger partial charge in [0.2, 0.25) is 34.2 Å². The Balaban J connectivity index is 0.000000197. The smallest absolute Gasteiger partial charge is 0.201 e. The van der Waals surface area contributed by atoms with Gasteiger partial charge >= 0.3 is 0 Å². The van der Waals surface area contributed by atoms with Gasteiger partial charge in [0.25, 0.3) is 0 Å². The van der Waals surface area contributed by atoms with E-state index in [1.807, 2.05) is 192 Å². The summed E-state index contributed by atoms with van der Waals surface area (Å²) in [7, 11) is 11.6. The molecule has 0 N–H and O–H groups in total. The minimum atomic E-state index is -2.35. The summed E-state index contributed by atoms with van der Waals surface area (Å²) >= 11 is 0. The van der Waals surface area contributed by atoms with Gasteiger partial charge in [-0.1, -0.05) is 158 Å². The van der Waals surface area contributed by atoms with E-state index in [1.54, 1.807) is 49.2 Å². The van der Waals surface area contributed by atoms with Crippen molar-refractivity contribution in [2.45, 2.75) is 163 Å². The molecule has 103 heavy (non-hydrogen) atoms. The predicted molar refractivity (Wildman–Crippen MR) is 436 cm³/mol. The molecule has 0 atom stereocenters. The van der Waals surface area contributed by atoms with E-state index in [2.05, 4.69) is 138 Å². The zero-order valence-corrected chi connectivity index (χ0v) is 65.3. The zero-order chi connectivity index (χ0) is 89.2. The van der Waals surface area contributed by atoms with Crippen molar-refractivity contribution in [1.82, 2.24) is 0 Å². The molecular formula is C97H122N6+6. The normalized spacial score (nSPS) is 13.9. The minimum Gasteiger partial charge on any atom is -0.201 e. The molecule has 6 aromatic heterocycles. The fraction of sp³-hybridized carbons (Fsp3) is 0.320. The summed E-state index contributed by atoms with van der Waals surface area (Å²) < 4.78 is 138. The third-order valence-electron chi connectivity index (χ3n) is 18.7. The maximum absolute atomic E-state index is 8.26. The van der Waals surface area contributed by atoms with Crippen molar-refractivity contribution >= 4 is 0 Å². The fourth-order valence-electron chi connectivity index (χ4n) is 12.7. The van der Waals surface area contributed by atoms with Crippen LogP contribution >= 0.6 is 0 Å². The number of hydrogen-bond acceptors (Lipinski definition) is 0. The number of aryl methyl sites for hydroxylation is 22. The summed E-state index contributed by atoms with van der Waals surface area (Å²) in [4.78, 5) is 0. The van der Waals surface area contributed by atoms with E-state index < -0.39 is 45.6 Å². The summed E-state index contributed by atoms with van der Waals surface area (Å²) in [5.74, 6) is -0.0556. The average Bonchev–Trinajstić information content (AvgIpc) is 0.771. The Labute approximate surface area is 644 Å². The molecule has 0 unspecified atom stereocenters. The molecule has 0 fully saturated rings. The van der Waals surface area contributed by atoms with Crippen molar-refractivity contribution in [3.05, 3.63) is 320 Å². The summed E-state index contributed by atoms with van der Waals surface area (Å²) in [6.45, 7) is 25.9. The molecule has 0 saturated carbocycles. The lowest BCUT2D eigenvalue weighted by Gasteiger charge is -2.08. The van der Waals surface area contributed by atoms with E-state index in [9.17, 15) is 0 Å². The van der Waals surface area contributed by atoms with Crippen molar-refractivity contribution in [3.63, 3.8) is 0 Å². The van der Waals surface area contributed by atoms with Crippen LogP contribution in [0.5, 0.6) is 0 Å². The first kappa shape index (κ1) is 59.7. The van der Waals surface area contributed by atoms with Crippen LogP contribution in [-0.2, 0) is 80.6 Å². The molecule has 534 valence electrons. The summed E-state index contributed by atoms with van der Waals surface area (Å²) in [6, 6.07) is 62.5. The third-order valence-corrected chi connectivity index (χ3v) is 18.7. The van der Waals surface area contributed by atoms with Crippen molar-refractivity contribution in [2.24, 2.45) is 48.2 Å². The Kier molecular flexibility index (Phi) is 22.3. The first-order valence-electron chi connectivity index (χ1n) is 43.6. The predicted octanol–water partition coefficient (Wildman–Crippen LogP) is 20.5. The number of rotatable bonds is 13. The average molecular weight is 1390 g/mol. The Hall–Kier alpha value is -9.78. The van der Waals surface area contributed by atoms with Gasteiger partial charge in [-0.3, -0.25) is 0 Å². The van der Waals surface area contributed by atoms with E-state index in [0.717, 1.165) is 90.5 Å². The van der Waals surface area contributed by atoms with Crippen LogP contribution in [0.4, 0.5) is 0 Å². The van der Waals surface area contributed by atoms with Crippen molar-refractivity contribution < 1.29 is 49.3 Å². The highest BCUT2D eigenvalue weighted by Gasteiger charge is 2.20.